The monoisotopic (exact) mass is 290 g/mol. The van der Waals surface area contributed by atoms with Crippen molar-refractivity contribution in [3.63, 3.8) is 0 Å². The van der Waals surface area contributed by atoms with E-state index in [2.05, 4.69) is 24.0 Å². The highest BCUT2D eigenvalue weighted by molar-refractivity contribution is 5.83. The predicted molar refractivity (Wildman–Crippen MR) is 86.6 cm³/mol. The van der Waals surface area contributed by atoms with Crippen LogP contribution in [-0.2, 0) is 0 Å². The molecular formula is C20H15FO. The number of allylic oxidation sites excluding steroid dienone is 3. The summed E-state index contributed by atoms with van der Waals surface area (Å²) in [6, 6.07) is 14.2. The van der Waals surface area contributed by atoms with E-state index in [1.165, 1.54) is 23.3 Å². The molecule has 1 nitrogen and oxygen atoms in total. The van der Waals surface area contributed by atoms with Crippen LogP contribution in [0.2, 0.25) is 0 Å². The quantitative estimate of drug-likeness (QED) is 0.849. The van der Waals surface area contributed by atoms with E-state index in [1.54, 1.807) is 12.1 Å². The summed E-state index contributed by atoms with van der Waals surface area (Å²) < 4.78 is 12.8. The average Bonchev–Trinajstić information content (AvgIpc) is 2.51. The van der Waals surface area contributed by atoms with Gasteiger partial charge >= 0.3 is 0 Å². The van der Waals surface area contributed by atoms with Crippen LogP contribution in [0.25, 0.3) is 5.57 Å². The van der Waals surface area contributed by atoms with Gasteiger partial charge in [-0.3, -0.25) is 0 Å². The molecule has 3 rings (SSSR count). The molecule has 108 valence electrons. The van der Waals surface area contributed by atoms with Crippen molar-refractivity contribution >= 4 is 5.57 Å². The lowest BCUT2D eigenvalue weighted by Gasteiger charge is -2.14. The molecular weight excluding hydrogens is 275 g/mol. The number of hydrogen-bond donors (Lipinski definition) is 1. The van der Waals surface area contributed by atoms with Crippen molar-refractivity contribution in [2.45, 2.75) is 6.42 Å². The Bertz CT molecular complexity index is 784. The highest BCUT2D eigenvalue weighted by Gasteiger charge is 2.09. The highest BCUT2D eigenvalue weighted by atomic mass is 19.1. The molecule has 1 aliphatic carbocycles. The first-order valence-corrected chi connectivity index (χ1v) is 7.16. The fourth-order valence-corrected chi connectivity index (χ4v) is 2.25. The summed E-state index contributed by atoms with van der Waals surface area (Å²) in [7, 11) is 0. The van der Waals surface area contributed by atoms with Crippen molar-refractivity contribution in [3.05, 3.63) is 88.8 Å². The lowest BCUT2D eigenvalue weighted by atomic mass is 9.91. The second-order valence-corrected chi connectivity index (χ2v) is 5.13. The third-order valence-electron chi connectivity index (χ3n) is 3.50. The first kappa shape index (κ1) is 14.3. The standard InChI is InChI=1S/C20H15FO/c21-20-9-5-16(6-10-20)2-1-15-3-7-18(8-4-15)19-13-17(14-19)11-12-22/h3-10,13-14,22H,11-12H2. The zero-order valence-electron chi connectivity index (χ0n) is 12.0. The van der Waals surface area contributed by atoms with Crippen molar-refractivity contribution in [1.29, 1.82) is 0 Å². The van der Waals surface area contributed by atoms with E-state index < -0.39 is 0 Å². The van der Waals surface area contributed by atoms with Crippen LogP contribution < -0.4 is 0 Å². The van der Waals surface area contributed by atoms with Crippen LogP contribution in [0.4, 0.5) is 4.39 Å². The van der Waals surface area contributed by atoms with Gasteiger partial charge in [-0.25, -0.2) is 4.39 Å². The Morgan fingerprint density at radius 2 is 1.36 bits per heavy atom. The zero-order chi connectivity index (χ0) is 15.4. The Morgan fingerprint density at radius 3 is 1.91 bits per heavy atom. The number of hydrogen-bond acceptors (Lipinski definition) is 1. The second-order valence-electron chi connectivity index (χ2n) is 5.13. The largest absolute Gasteiger partial charge is 0.396 e. The van der Waals surface area contributed by atoms with E-state index >= 15 is 0 Å². The summed E-state index contributed by atoms with van der Waals surface area (Å²) in [5.74, 6) is 5.84. The summed E-state index contributed by atoms with van der Waals surface area (Å²) in [6.45, 7) is 0.188. The lowest BCUT2D eigenvalue weighted by molar-refractivity contribution is 0.300. The maximum Gasteiger partial charge on any atom is 0.123 e. The van der Waals surface area contributed by atoms with Crippen molar-refractivity contribution in [3.8, 4) is 11.8 Å². The summed E-state index contributed by atoms with van der Waals surface area (Å²) in [5.41, 5.74) is 5.23. The van der Waals surface area contributed by atoms with E-state index in [4.69, 9.17) is 5.11 Å². The number of rotatable bonds is 3. The Balaban J connectivity index is 1.68. The van der Waals surface area contributed by atoms with Gasteiger partial charge in [-0.05, 0) is 59.5 Å². The minimum atomic E-state index is -0.253. The molecule has 22 heavy (non-hydrogen) atoms. The first-order valence-electron chi connectivity index (χ1n) is 7.16. The topological polar surface area (TPSA) is 20.2 Å². The van der Waals surface area contributed by atoms with Gasteiger partial charge in [0.05, 0.1) is 0 Å². The number of aliphatic hydroxyl groups excluding tert-OH is 1. The second kappa shape index (κ2) is 6.43. The van der Waals surface area contributed by atoms with Crippen LogP contribution in [0.3, 0.4) is 0 Å². The summed E-state index contributed by atoms with van der Waals surface area (Å²) >= 11 is 0. The van der Waals surface area contributed by atoms with E-state index in [0.717, 1.165) is 16.7 Å². The molecule has 0 heterocycles. The Hall–Kier alpha value is -2.63. The van der Waals surface area contributed by atoms with Crippen LogP contribution in [0.5, 0.6) is 0 Å². The summed E-state index contributed by atoms with van der Waals surface area (Å²) in [4.78, 5) is 0. The first-order chi connectivity index (χ1) is 10.7. The van der Waals surface area contributed by atoms with Gasteiger partial charge in [0.15, 0.2) is 0 Å². The van der Waals surface area contributed by atoms with Crippen molar-refractivity contribution in [2.75, 3.05) is 6.61 Å². The smallest absolute Gasteiger partial charge is 0.123 e. The third-order valence-corrected chi connectivity index (χ3v) is 3.50. The van der Waals surface area contributed by atoms with Crippen molar-refractivity contribution < 1.29 is 9.50 Å². The molecule has 2 aromatic rings. The molecule has 0 spiro atoms. The van der Waals surface area contributed by atoms with E-state index in [1.807, 2.05) is 24.3 Å². The molecule has 0 saturated heterocycles. The molecule has 0 unspecified atom stereocenters. The van der Waals surface area contributed by atoms with Crippen molar-refractivity contribution in [2.24, 2.45) is 0 Å². The molecule has 0 atom stereocenters. The molecule has 0 radical (unpaired) electrons. The molecule has 0 aromatic heterocycles. The summed E-state index contributed by atoms with van der Waals surface area (Å²) in [5, 5.41) is 8.86. The highest BCUT2D eigenvalue weighted by Crippen LogP contribution is 2.29. The molecule has 1 aliphatic rings. The van der Waals surface area contributed by atoms with Gasteiger partial charge in [-0.15, -0.1) is 0 Å². The normalized spacial score (nSPS) is 12.6. The van der Waals surface area contributed by atoms with E-state index in [-0.39, 0.29) is 12.4 Å². The Labute approximate surface area is 129 Å². The molecule has 2 aromatic carbocycles. The molecule has 0 fully saturated rings. The van der Waals surface area contributed by atoms with Gasteiger partial charge in [0.25, 0.3) is 0 Å². The van der Waals surface area contributed by atoms with Gasteiger partial charge in [-0.1, -0.05) is 36.1 Å². The molecule has 0 bridgehead atoms. The third kappa shape index (κ3) is 3.33. The average molecular weight is 290 g/mol. The van der Waals surface area contributed by atoms with Gasteiger partial charge in [0.1, 0.15) is 5.82 Å². The Morgan fingerprint density at radius 1 is 0.818 bits per heavy atom. The van der Waals surface area contributed by atoms with Crippen LogP contribution in [-0.4, -0.2) is 11.7 Å². The molecule has 2 heteroatoms. The van der Waals surface area contributed by atoms with Crippen LogP contribution >= 0.6 is 0 Å². The minimum Gasteiger partial charge on any atom is -0.396 e. The van der Waals surface area contributed by atoms with Crippen LogP contribution in [0, 0.1) is 17.7 Å². The lowest BCUT2D eigenvalue weighted by Crippen LogP contribution is -1.96. The van der Waals surface area contributed by atoms with Gasteiger partial charge in [0.2, 0.25) is 0 Å². The maximum atomic E-state index is 12.8. The Kier molecular flexibility index (Phi) is 4.18. The minimum absolute atomic E-state index is 0.188. The van der Waals surface area contributed by atoms with Crippen molar-refractivity contribution in [1.82, 2.24) is 0 Å². The zero-order valence-corrected chi connectivity index (χ0v) is 12.0. The SMILES string of the molecule is OCCC1=CC(c2ccc(C#Cc3ccc(F)cc3)cc2)=C1. The van der Waals surface area contributed by atoms with Gasteiger partial charge in [-0.2, -0.15) is 0 Å². The fraction of sp³-hybridized carbons (Fsp3) is 0.100. The molecule has 0 aliphatic heterocycles. The predicted octanol–water partition coefficient (Wildman–Crippen LogP) is 3.93. The summed E-state index contributed by atoms with van der Waals surface area (Å²) in [6.07, 6.45) is 4.90. The van der Waals surface area contributed by atoms with E-state index in [0.29, 0.717) is 6.42 Å². The van der Waals surface area contributed by atoms with E-state index in [9.17, 15) is 4.39 Å². The molecule has 0 amide bonds. The maximum absolute atomic E-state index is 12.8. The number of halogens is 1. The van der Waals surface area contributed by atoms with Crippen LogP contribution in [0.1, 0.15) is 23.1 Å². The van der Waals surface area contributed by atoms with Gasteiger partial charge < -0.3 is 5.11 Å². The molecule has 0 saturated carbocycles. The number of aliphatic hydroxyl groups is 1. The molecule has 1 N–H and O–H groups in total. The van der Waals surface area contributed by atoms with Crippen LogP contribution in [0.15, 0.2) is 66.3 Å². The van der Waals surface area contributed by atoms with Gasteiger partial charge in [0, 0.05) is 17.7 Å². The number of benzene rings is 2. The fourth-order valence-electron chi connectivity index (χ4n) is 2.25.